The number of hydrogen-bond donors (Lipinski definition) is 1. The van der Waals surface area contributed by atoms with Gasteiger partial charge >= 0.3 is 0 Å². The van der Waals surface area contributed by atoms with Gasteiger partial charge in [0.1, 0.15) is 0 Å². The quantitative estimate of drug-likeness (QED) is 0.678. The molecule has 0 aromatic rings. The maximum absolute atomic E-state index is 10.8. The van der Waals surface area contributed by atoms with Gasteiger partial charge in [0.15, 0.2) is 0 Å². The Kier molecular flexibility index (Phi) is 2.97. The van der Waals surface area contributed by atoms with Gasteiger partial charge in [0.25, 0.3) is 0 Å². The zero-order valence-corrected chi connectivity index (χ0v) is 11.9. The van der Waals surface area contributed by atoms with Gasteiger partial charge in [-0.15, -0.1) is 6.58 Å². The summed E-state index contributed by atoms with van der Waals surface area (Å²) in [7, 11) is 0. The maximum Gasteiger partial charge on any atom is 0.0676 e. The molecule has 5 atom stereocenters. The van der Waals surface area contributed by atoms with Crippen LogP contribution >= 0.6 is 0 Å². The molecule has 0 bridgehead atoms. The molecule has 0 aliphatic heterocycles. The summed E-state index contributed by atoms with van der Waals surface area (Å²) in [5, 5.41) is 10.8. The highest BCUT2D eigenvalue weighted by Crippen LogP contribution is 2.63. The van der Waals surface area contributed by atoms with Crippen LogP contribution in [0.25, 0.3) is 0 Å². The molecular formula is C16H28O. The molecule has 1 heteroatoms. The minimum Gasteiger partial charge on any atom is -0.390 e. The molecule has 2 rings (SSSR count). The summed E-state index contributed by atoms with van der Waals surface area (Å²) in [6, 6.07) is 0. The molecule has 1 N–H and O–H groups in total. The van der Waals surface area contributed by atoms with Crippen LogP contribution in [0, 0.1) is 22.7 Å². The van der Waals surface area contributed by atoms with Crippen molar-refractivity contribution in [3.63, 3.8) is 0 Å². The van der Waals surface area contributed by atoms with Gasteiger partial charge in [-0.25, -0.2) is 0 Å². The van der Waals surface area contributed by atoms with Crippen molar-refractivity contribution in [2.45, 2.75) is 65.4 Å². The molecule has 0 radical (unpaired) electrons. The van der Waals surface area contributed by atoms with Gasteiger partial charge in [-0.2, -0.15) is 0 Å². The van der Waals surface area contributed by atoms with Crippen LogP contribution in [-0.4, -0.2) is 10.7 Å². The predicted molar refractivity (Wildman–Crippen MR) is 72.8 cm³/mol. The molecule has 0 heterocycles. The first-order chi connectivity index (χ1) is 7.78. The summed E-state index contributed by atoms with van der Waals surface area (Å²) >= 11 is 0. The summed E-state index contributed by atoms with van der Waals surface area (Å²) in [4.78, 5) is 0. The molecule has 98 valence electrons. The number of rotatable bonds is 1. The third-order valence-corrected chi connectivity index (χ3v) is 6.51. The fraction of sp³-hybridized carbons (Fsp3) is 0.875. The molecule has 2 aliphatic carbocycles. The SMILES string of the molecule is C=CC1(C)C(C)CCC2(C)C1CCCC2(C)O. The third-order valence-electron chi connectivity index (χ3n) is 6.51. The first-order valence-electron chi connectivity index (χ1n) is 7.14. The molecule has 2 fully saturated rings. The summed E-state index contributed by atoms with van der Waals surface area (Å²) in [5.41, 5.74) is -0.238. The van der Waals surface area contributed by atoms with E-state index in [-0.39, 0.29) is 10.8 Å². The lowest BCUT2D eigenvalue weighted by Crippen LogP contribution is -2.59. The van der Waals surface area contributed by atoms with Crippen molar-refractivity contribution in [3.8, 4) is 0 Å². The van der Waals surface area contributed by atoms with Gasteiger partial charge in [-0.3, -0.25) is 0 Å². The smallest absolute Gasteiger partial charge is 0.0676 e. The summed E-state index contributed by atoms with van der Waals surface area (Å²) in [6.45, 7) is 13.2. The standard InChI is InChI=1S/C16H28O/c1-6-14(3)12(2)9-11-15(4)13(14)8-7-10-16(15,5)17/h6,12-13,17H,1,7-11H2,2-5H3. The Balaban J connectivity index is 2.44. The monoisotopic (exact) mass is 236 g/mol. The van der Waals surface area contributed by atoms with E-state index in [0.29, 0.717) is 11.8 Å². The molecule has 17 heavy (non-hydrogen) atoms. The molecule has 0 aromatic carbocycles. The van der Waals surface area contributed by atoms with Crippen molar-refractivity contribution in [2.75, 3.05) is 0 Å². The van der Waals surface area contributed by atoms with E-state index in [1.54, 1.807) is 0 Å². The predicted octanol–water partition coefficient (Wildman–Crippen LogP) is 4.17. The van der Waals surface area contributed by atoms with Gasteiger partial charge < -0.3 is 5.11 Å². The van der Waals surface area contributed by atoms with Crippen LogP contribution < -0.4 is 0 Å². The van der Waals surface area contributed by atoms with Gasteiger partial charge in [0, 0.05) is 0 Å². The molecular weight excluding hydrogens is 208 g/mol. The summed E-state index contributed by atoms with van der Waals surface area (Å²) in [6.07, 6.45) is 7.91. The van der Waals surface area contributed by atoms with Crippen molar-refractivity contribution in [1.29, 1.82) is 0 Å². The Hall–Kier alpha value is -0.300. The van der Waals surface area contributed by atoms with E-state index in [1.165, 1.54) is 12.8 Å². The van der Waals surface area contributed by atoms with Crippen LogP contribution in [0.4, 0.5) is 0 Å². The highest BCUT2D eigenvalue weighted by atomic mass is 16.3. The largest absolute Gasteiger partial charge is 0.390 e. The normalized spacial score (nSPS) is 55.1. The lowest BCUT2D eigenvalue weighted by atomic mass is 9.44. The zero-order chi connectivity index (χ0) is 12.9. The number of aliphatic hydroxyl groups is 1. The van der Waals surface area contributed by atoms with Crippen molar-refractivity contribution in [3.05, 3.63) is 12.7 Å². The van der Waals surface area contributed by atoms with Crippen molar-refractivity contribution in [1.82, 2.24) is 0 Å². The topological polar surface area (TPSA) is 20.2 Å². The van der Waals surface area contributed by atoms with Gasteiger partial charge in [-0.05, 0) is 55.3 Å². The second kappa shape index (κ2) is 3.85. The van der Waals surface area contributed by atoms with Gasteiger partial charge in [0.05, 0.1) is 5.60 Å². The molecule has 0 saturated heterocycles. The average molecular weight is 236 g/mol. The minimum absolute atomic E-state index is 0.0701. The van der Waals surface area contributed by atoms with Gasteiger partial charge in [0.2, 0.25) is 0 Å². The van der Waals surface area contributed by atoms with Gasteiger partial charge in [-0.1, -0.05) is 33.3 Å². The Labute approximate surface area is 106 Å². The van der Waals surface area contributed by atoms with E-state index in [9.17, 15) is 5.11 Å². The van der Waals surface area contributed by atoms with Crippen molar-refractivity contribution in [2.24, 2.45) is 22.7 Å². The second-order valence-corrected chi connectivity index (χ2v) is 7.15. The van der Waals surface area contributed by atoms with E-state index < -0.39 is 5.60 Å². The van der Waals surface area contributed by atoms with Crippen molar-refractivity contribution >= 4 is 0 Å². The number of hydrogen-bond acceptors (Lipinski definition) is 1. The first kappa shape index (κ1) is 13.1. The van der Waals surface area contributed by atoms with Crippen LogP contribution in [0.1, 0.15) is 59.8 Å². The molecule has 0 aromatic heterocycles. The fourth-order valence-corrected chi connectivity index (χ4v) is 4.59. The van der Waals surface area contributed by atoms with Crippen LogP contribution in [0.5, 0.6) is 0 Å². The number of fused-ring (bicyclic) bond motifs is 1. The average Bonchev–Trinajstić information content (AvgIpc) is 2.27. The van der Waals surface area contributed by atoms with E-state index in [0.717, 1.165) is 19.3 Å². The highest BCUT2D eigenvalue weighted by molar-refractivity contribution is 5.13. The maximum atomic E-state index is 10.8. The molecule has 0 amide bonds. The lowest BCUT2D eigenvalue weighted by molar-refractivity contribution is -0.179. The van der Waals surface area contributed by atoms with E-state index in [1.807, 2.05) is 0 Å². The van der Waals surface area contributed by atoms with Crippen LogP contribution in [0.2, 0.25) is 0 Å². The van der Waals surface area contributed by atoms with Crippen LogP contribution in [0.3, 0.4) is 0 Å². The molecule has 2 aliphatic rings. The van der Waals surface area contributed by atoms with E-state index in [4.69, 9.17) is 0 Å². The van der Waals surface area contributed by atoms with E-state index in [2.05, 4.69) is 40.3 Å². The minimum atomic E-state index is -0.500. The van der Waals surface area contributed by atoms with Crippen LogP contribution in [0.15, 0.2) is 12.7 Å². The molecule has 1 nitrogen and oxygen atoms in total. The molecule has 2 saturated carbocycles. The summed E-state index contributed by atoms with van der Waals surface area (Å²) in [5.74, 6) is 1.27. The molecule has 0 spiro atoms. The first-order valence-corrected chi connectivity index (χ1v) is 7.14. The Morgan fingerprint density at radius 2 is 1.82 bits per heavy atom. The third kappa shape index (κ3) is 1.62. The summed E-state index contributed by atoms with van der Waals surface area (Å²) < 4.78 is 0. The lowest BCUT2D eigenvalue weighted by Gasteiger charge is -2.62. The van der Waals surface area contributed by atoms with E-state index >= 15 is 0 Å². The van der Waals surface area contributed by atoms with Crippen LogP contribution in [-0.2, 0) is 0 Å². The fourth-order valence-electron chi connectivity index (χ4n) is 4.59. The van der Waals surface area contributed by atoms with Crippen molar-refractivity contribution < 1.29 is 5.11 Å². The number of allylic oxidation sites excluding steroid dienone is 1. The molecule has 5 unspecified atom stereocenters. The Morgan fingerprint density at radius 1 is 1.18 bits per heavy atom. The zero-order valence-electron chi connectivity index (χ0n) is 11.9. The Morgan fingerprint density at radius 3 is 2.41 bits per heavy atom. The second-order valence-electron chi connectivity index (χ2n) is 7.15. The highest BCUT2D eigenvalue weighted by Gasteiger charge is 2.59. The Bertz CT molecular complexity index is 319.